The highest BCUT2D eigenvalue weighted by Crippen LogP contribution is 2.21. The Balaban J connectivity index is 1.93. The predicted octanol–water partition coefficient (Wildman–Crippen LogP) is 1.32. The summed E-state index contributed by atoms with van der Waals surface area (Å²) >= 11 is 0. The van der Waals surface area contributed by atoms with Crippen LogP contribution in [0.3, 0.4) is 0 Å². The molecule has 1 aliphatic heterocycles. The number of amides is 2. The fraction of sp³-hybridized carbons (Fsp3) is 0.467. The van der Waals surface area contributed by atoms with Gasteiger partial charge >= 0.3 is 6.09 Å². The summed E-state index contributed by atoms with van der Waals surface area (Å²) in [7, 11) is 0. The lowest BCUT2D eigenvalue weighted by atomic mass is 10.2. The van der Waals surface area contributed by atoms with E-state index in [-0.39, 0.29) is 19.6 Å². The Hall–Kier alpha value is -1.92. The molecule has 0 bridgehead atoms. The van der Waals surface area contributed by atoms with Crippen molar-refractivity contribution in [1.29, 1.82) is 0 Å². The van der Waals surface area contributed by atoms with Gasteiger partial charge in [-0.05, 0) is 12.5 Å². The first-order chi connectivity index (χ1) is 10.1. The Morgan fingerprint density at radius 2 is 2.10 bits per heavy atom. The molecule has 1 aromatic rings. The molecule has 0 unspecified atom stereocenters. The van der Waals surface area contributed by atoms with Crippen molar-refractivity contribution in [1.82, 2.24) is 4.90 Å². The largest absolute Gasteiger partial charge is 0.449 e. The molecule has 0 aliphatic carbocycles. The van der Waals surface area contributed by atoms with Gasteiger partial charge in [0.25, 0.3) is 0 Å². The molecule has 21 heavy (non-hydrogen) atoms. The lowest BCUT2D eigenvalue weighted by Gasteiger charge is -2.23. The van der Waals surface area contributed by atoms with Crippen molar-refractivity contribution in [2.45, 2.75) is 32.1 Å². The lowest BCUT2D eigenvalue weighted by molar-refractivity contribution is -0.128. The van der Waals surface area contributed by atoms with Crippen LogP contribution < -0.4 is 0 Å². The number of aliphatic hydroxyl groups is 1. The van der Waals surface area contributed by atoms with E-state index in [0.717, 1.165) is 10.5 Å². The predicted molar refractivity (Wildman–Crippen MR) is 74.4 cm³/mol. The Morgan fingerprint density at radius 3 is 2.76 bits per heavy atom. The van der Waals surface area contributed by atoms with E-state index in [2.05, 4.69) is 0 Å². The summed E-state index contributed by atoms with van der Waals surface area (Å²) in [5.41, 5.74) is 0.985. The summed E-state index contributed by atoms with van der Waals surface area (Å²) < 4.78 is 10.4. The SMILES string of the molecule is CCOC(=O)N1C(=O)C[C@H](O)[C@@H]1COCc1ccccc1. The number of carbonyl (C=O) groups is 2. The first-order valence-corrected chi connectivity index (χ1v) is 6.92. The van der Waals surface area contributed by atoms with Crippen molar-refractivity contribution in [3.63, 3.8) is 0 Å². The van der Waals surface area contributed by atoms with Crippen LogP contribution in [-0.4, -0.2) is 47.4 Å². The summed E-state index contributed by atoms with van der Waals surface area (Å²) in [5, 5.41) is 9.89. The van der Waals surface area contributed by atoms with Crippen molar-refractivity contribution in [2.75, 3.05) is 13.2 Å². The van der Waals surface area contributed by atoms with E-state index in [4.69, 9.17) is 9.47 Å². The number of nitrogens with zero attached hydrogens (tertiary/aromatic N) is 1. The highest BCUT2D eigenvalue weighted by Gasteiger charge is 2.43. The van der Waals surface area contributed by atoms with Crippen molar-refractivity contribution in [3.8, 4) is 0 Å². The van der Waals surface area contributed by atoms with Crippen LogP contribution in [0.25, 0.3) is 0 Å². The number of likely N-dealkylation sites (tertiary alicyclic amines) is 1. The summed E-state index contributed by atoms with van der Waals surface area (Å²) in [5.74, 6) is -0.436. The second kappa shape index (κ2) is 7.19. The third-order valence-corrected chi connectivity index (χ3v) is 3.29. The van der Waals surface area contributed by atoms with Crippen LogP contribution in [0.1, 0.15) is 18.9 Å². The molecule has 1 N–H and O–H groups in total. The van der Waals surface area contributed by atoms with E-state index < -0.39 is 24.1 Å². The molecule has 6 nitrogen and oxygen atoms in total. The molecule has 1 aromatic carbocycles. The number of hydrogen-bond donors (Lipinski definition) is 1. The number of ether oxygens (including phenoxy) is 2. The maximum absolute atomic E-state index is 11.8. The zero-order valence-electron chi connectivity index (χ0n) is 11.9. The third-order valence-electron chi connectivity index (χ3n) is 3.29. The van der Waals surface area contributed by atoms with Gasteiger partial charge in [0.1, 0.15) is 0 Å². The first-order valence-electron chi connectivity index (χ1n) is 6.92. The number of imide groups is 1. The number of rotatable bonds is 5. The van der Waals surface area contributed by atoms with E-state index >= 15 is 0 Å². The topological polar surface area (TPSA) is 76.1 Å². The van der Waals surface area contributed by atoms with Gasteiger partial charge in [0.2, 0.25) is 5.91 Å². The van der Waals surface area contributed by atoms with Crippen molar-refractivity contribution in [3.05, 3.63) is 35.9 Å². The molecule has 0 spiro atoms. The standard InChI is InChI=1S/C15H19NO5/c1-2-21-15(19)16-12(13(17)8-14(16)18)10-20-9-11-6-4-3-5-7-11/h3-7,12-13,17H,2,8-10H2,1H3/t12-,13-/m0/s1. The highest BCUT2D eigenvalue weighted by molar-refractivity contribution is 5.94. The molecule has 1 fully saturated rings. The van der Waals surface area contributed by atoms with Crippen LogP contribution in [0.4, 0.5) is 4.79 Å². The molecule has 6 heteroatoms. The van der Waals surface area contributed by atoms with Gasteiger partial charge in [-0.25, -0.2) is 9.69 Å². The monoisotopic (exact) mass is 293 g/mol. The summed E-state index contributed by atoms with van der Waals surface area (Å²) in [4.78, 5) is 24.5. The maximum atomic E-state index is 11.8. The Bertz CT molecular complexity index is 490. The molecule has 0 radical (unpaired) electrons. The van der Waals surface area contributed by atoms with Crippen LogP contribution in [0.2, 0.25) is 0 Å². The smallest absolute Gasteiger partial charge is 0.416 e. The second-order valence-electron chi connectivity index (χ2n) is 4.80. The van der Waals surface area contributed by atoms with Crippen molar-refractivity contribution < 1.29 is 24.2 Å². The molecular weight excluding hydrogens is 274 g/mol. The zero-order valence-corrected chi connectivity index (χ0v) is 11.9. The molecular formula is C15H19NO5. The van der Waals surface area contributed by atoms with E-state index in [1.165, 1.54) is 0 Å². The van der Waals surface area contributed by atoms with Gasteiger partial charge in [-0.1, -0.05) is 30.3 Å². The molecule has 1 heterocycles. The van der Waals surface area contributed by atoms with Crippen LogP contribution >= 0.6 is 0 Å². The Morgan fingerprint density at radius 1 is 1.38 bits per heavy atom. The fourth-order valence-electron chi connectivity index (χ4n) is 2.26. The van der Waals surface area contributed by atoms with Gasteiger partial charge in [-0.15, -0.1) is 0 Å². The van der Waals surface area contributed by atoms with Crippen LogP contribution in [-0.2, 0) is 20.9 Å². The molecule has 114 valence electrons. The van der Waals surface area contributed by atoms with Crippen LogP contribution in [0.5, 0.6) is 0 Å². The molecule has 0 saturated carbocycles. The van der Waals surface area contributed by atoms with E-state index in [1.54, 1.807) is 6.92 Å². The molecule has 1 aliphatic rings. The number of aliphatic hydroxyl groups excluding tert-OH is 1. The van der Waals surface area contributed by atoms with Crippen molar-refractivity contribution >= 4 is 12.0 Å². The minimum atomic E-state index is -0.919. The third kappa shape index (κ3) is 3.80. The van der Waals surface area contributed by atoms with Crippen molar-refractivity contribution in [2.24, 2.45) is 0 Å². The van der Waals surface area contributed by atoms with Crippen LogP contribution in [0.15, 0.2) is 30.3 Å². The number of hydrogen-bond acceptors (Lipinski definition) is 5. The molecule has 1 saturated heterocycles. The Labute approximate surface area is 123 Å². The molecule has 2 amide bonds. The lowest BCUT2D eigenvalue weighted by Crippen LogP contribution is -2.44. The number of benzene rings is 1. The van der Waals surface area contributed by atoms with E-state index in [9.17, 15) is 14.7 Å². The van der Waals surface area contributed by atoms with Gasteiger partial charge in [0.05, 0.1) is 38.4 Å². The van der Waals surface area contributed by atoms with Crippen LogP contribution in [0, 0.1) is 0 Å². The molecule has 2 atom stereocenters. The van der Waals surface area contributed by atoms with E-state index in [1.807, 2.05) is 30.3 Å². The average Bonchev–Trinajstić information content (AvgIpc) is 2.75. The fourth-order valence-corrected chi connectivity index (χ4v) is 2.26. The maximum Gasteiger partial charge on any atom is 0.416 e. The Kier molecular flexibility index (Phi) is 5.30. The average molecular weight is 293 g/mol. The summed E-state index contributed by atoms with van der Waals surface area (Å²) in [6.45, 7) is 2.28. The van der Waals surface area contributed by atoms with Gasteiger partial charge in [0, 0.05) is 0 Å². The summed E-state index contributed by atoms with van der Waals surface area (Å²) in [6.07, 6.45) is -1.73. The van der Waals surface area contributed by atoms with Gasteiger partial charge < -0.3 is 14.6 Å². The van der Waals surface area contributed by atoms with Gasteiger partial charge in [0.15, 0.2) is 0 Å². The zero-order chi connectivity index (χ0) is 15.2. The first kappa shape index (κ1) is 15.5. The normalized spacial score (nSPS) is 21.6. The second-order valence-corrected chi connectivity index (χ2v) is 4.80. The molecule has 0 aromatic heterocycles. The summed E-state index contributed by atoms with van der Waals surface area (Å²) in [6, 6.07) is 8.85. The van der Waals surface area contributed by atoms with Gasteiger partial charge in [-0.3, -0.25) is 4.79 Å². The quantitative estimate of drug-likeness (QED) is 0.886. The molecule has 2 rings (SSSR count). The van der Waals surface area contributed by atoms with E-state index in [0.29, 0.717) is 6.61 Å². The minimum Gasteiger partial charge on any atom is -0.449 e. The van der Waals surface area contributed by atoms with Gasteiger partial charge in [-0.2, -0.15) is 0 Å². The number of carbonyl (C=O) groups excluding carboxylic acids is 2. The highest BCUT2D eigenvalue weighted by atomic mass is 16.6. The minimum absolute atomic E-state index is 0.0839.